The Labute approximate surface area is 212 Å². The van der Waals surface area contributed by atoms with Crippen molar-refractivity contribution in [2.24, 2.45) is 5.92 Å². The number of piperidine rings is 1. The number of carbonyl (C=O) groups excluding carboxylic acids is 1. The van der Waals surface area contributed by atoms with Crippen molar-refractivity contribution in [1.29, 1.82) is 0 Å². The van der Waals surface area contributed by atoms with Gasteiger partial charge in [0.05, 0.1) is 16.4 Å². The highest BCUT2D eigenvalue weighted by molar-refractivity contribution is 9.10. The van der Waals surface area contributed by atoms with Crippen molar-refractivity contribution in [2.75, 3.05) is 25.0 Å². The second-order valence-electron chi connectivity index (χ2n) is 8.99. The Hall–Kier alpha value is -3.39. The van der Waals surface area contributed by atoms with Crippen LogP contribution >= 0.6 is 15.9 Å². The Balaban J connectivity index is 1.27. The monoisotopic (exact) mass is 533 g/mol. The lowest BCUT2D eigenvalue weighted by atomic mass is 9.97. The first-order chi connectivity index (χ1) is 17.1. The SMILES string of the molecule is O=C(CCc1ccccc1)N1CCCC(CNc2cc(-c3ccccc3O)nc3c(Br)cnn23)C1. The fraction of sp³-hybridized carbons (Fsp3) is 0.296. The van der Waals surface area contributed by atoms with E-state index in [9.17, 15) is 9.90 Å². The number of benzene rings is 2. The molecule has 7 nitrogen and oxygen atoms in total. The number of hydrogen-bond donors (Lipinski definition) is 2. The predicted molar refractivity (Wildman–Crippen MR) is 140 cm³/mol. The molecule has 0 bridgehead atoms. The number of amides is 1. The first-order valence-electron chi connectivity index (χ1n) is 12.0. The Kier molecular flexibility index (Phi) is 6.99. The standard InChI is InChI=1S/C27H28BrN5O2/c28-22-17-30-33-25(15-23(31-27(22)33)21-10-4-5-11-24(21)34)29-16-20-9-6-14-32(18-20)26(35)13-12-19-7-2-1-3-8-19/h1-5,7-8,10-11,15,17,20,29,34H,6,9,12-14,16,18H2. The number of nitrogens with one attached hydrogen (secondary N) is 1. The number of rotatable bonds is 7. The maximum atomic E-state index is 12.9. The van der Waals surface area contributed by atoms with Gasteiger partial charge < -0.3 is 15.3 Å². The van der Waals surface area contributed by atoms with Crippen LogP contribution in [0.5, 0.6) is 5.75 Å². The lowest BCUT2D eigenvalue weighted by Gasteiger charge is -2.33. The zero-order valence-corrected chi connectivity index (χ0v) is 21.0. The Bertz CT molecular complexity index is 1320. The minimum Gasteiger partial charge on any atom is -0.507 e. The molecule has 1 amide bonds. The smallest absolute Gasteiger partial charge is 0.222 e. The van der Waals surface area contributed by atoms with Crippen molar-refractivity contribution in [3.8, 4) is 17.0 Å². The van der Waals surface area contributed by atoms with Gasteiger partial charge in [0.15, 0.2) is 5.65 Å². The van der Waals surface area contributed by atoms with Crippen LogP contribution in [0.15, 0.2) is 71.3 Å². The summed E-state index contributed by atoms with van der Waals surface area (Å²) in [6.45, 7) is 2.30. The largest absolute Gasteiger partial charge is 0.507 e. The van der Waals surface area contributed by atoms with Gasteiger partial charge in [-0.25, -0.2) is 4.98 Å². The number of nitrogens with zero attached hydrogens (tertiary/aromatic N) is 4. The number of anilines is 1. The van der Waals surface area contributed by atoms with E-state index in [1.807, 2.05) is 41.3 Å². The third kappa shape index (κ3) is 5.32. The highest BCUT2D eigenvalue weighted by atomic mass is 79.9. The molecule has 180 valence electrons. The average molecular weight is 534 g/mol. The fourth-order valence-corrected chi connectivity index (χ4v) is 5.00. The molecule has 4 aromatic rings. The third-order valence-corrected chi connectivity index (χ3v) is 7.08. The van der Waals surface area contributed by atoms with Crippen LogP contribution in [-0.2, 0) is 11.2 Å². The molecule has 3 heterocycles. The number of likely N-dealkylation sites (tertiary alicyclic amines) is 1. The molecule has 1 aliphatic heterocycles. The molecule has 0 saturated carbocycles. The van der Waals surface area contributed by atoms with E-state index < -0.39 is 0 Å². The molecule has 2 aromatic heterocycles. The van der Waals surface area contributed by atoms with E-state index in [2.05, 4.69) is 38.5 Å². The number of phenolic OH excluding ortho intramolecular Hbond substituents is 1. The summed E-state index contributed by atoms with van der Waals surface area (Å²) >= 11 is 3.53. The first kappa shape index (κ1) is 23.4. The van der Waals surface area contributed by atoms with Crippen molar-refractivity contribution < 1.29 is 9.90 Å². The molecule has 1 aliphatic rings. The minimum absolute atomic E-state index is 0.183. The highest BCUT2D eigenvalue weighted by Crippen LogP contribution is 2.31. The van der Waals surface area contributed by atoms with Crippen molar-refractivity contribution in [3.63, 3.8) is 0 Å². The molecular weight excluding hydrogens is 506 g/mol. The summed E-state index contributed by atoms with van der Waals surface area (Å²) in [4.78, 5) is 19.6. The first-order valence-corrected chi connectivity index (χ1v) is 12.8. The van der Waals surface area contributed by atoms with Crippen LogP contribution in [0.1, 0.15) is 24.8 Å². The lowest BCUT2D eigenvalue weighted by molar-refractivity contribution is -0.132. The molecule has 1 unspecified atom stereocenters. The van der Waals surface area contributed by atoms with Crippen molar-refractivity contribution in [3.05, 3.63) is 76.9 Å². The number of aryl methyl sites for hydroxylation is 1. The number of aromatic nitrogens is 3. The number of hydrogen-bond acceptors (Lipinski definition) is 5. The van der Waals surface area contributed by atoms with E-state index in [4.69, 9.17) is 4.98 Å². The Morgan fingerprint density at radius 1 is 1.14 bits per heavy atom. The van der Waals surface area contributed by atoms with E-state index in [1.54, 1.807) is 22.8 Å². The van der Waals surface area contributed by atoms with Gasteiger partial charge in [0, 0.05) is 37.7 Å². The number of para-hydroxylation sites is 1. The summed E-state index contributed by atoms with van der Waals surface area (Å²) in [5.41, 5.74) is 3.21. The zero-order valence-electron chi connectivity index (χ0n) is 19.4. The molecule has 0 radical (unpaired) electrons. The summed E-state index contributed by atoms with van der Waals surface area (Å²) in [5, 5.41) is 18.3. The van der Waals surface area contributed by atoms with Gasteiger partial charge in [0.2, 0.25) is 5.91 Å². The fourth-order valence-electron chi connectivity index (χ4n) is 4.65. The van der Waals surface area contributed by atoms with Gasteiger partial charge in [-0.15, -0.1) is 0 Å². The van der Waals surface area contributed by atoms with Crippen LogP contribution in [0.25, 0.3) is 16.9 Å². The van der Waals surface area contributed by atoms with Gasteiger partial charge in [-0.1, -0.05) is 42.5 Å². The quantitative estimate of drug-likeness (QED) is 0.343. The van der Waals surface area contributed by atoms with Crippen molar-refractivity contribution in [2.45, 2.75) is 25.7 Å². The molecule has 0 spiro atoms. The predicted octanol–water partition coefficient (Wildman–Crippen LogP) is 5.15. The molecule has 1 atom stereocenters. The molecule has 2 N–H and O–H groups in total. The van der Waals surface area contributed by atoms with Crippen molar-refractivity contribution >= 4 is 33.3 Å². The topological polar surface area (TPSA) is 82.8 Å². The minimum atomic E-state index is 0.183. The van der Waals surface area contributed by atoms with E-state index in [-0.39, 0.29) is 11.7 Å². The van der Waals surface area contributed by atoms with Gasteiger partial charge in [-0.2, -0.15) is 9.61 Å². The van der Waals surface area contributed by atoms with E-state index in [0.29, 0.717) is 29.2 Å². The number of carbonyl (C=O) groups is 1. The van der Waals surface area contributed by atoms with E-state index in [0.717, 1.165) is 49.2 Å². The number of phenols is 1. The molecule has 0 aliphatic carbocycles. The van der Waals surface area contributed by atoms with Crippen LogP contribution in [0.4, 0.5) is 5.82 Å². The number of halogens is 1. The van der Waals surface area contributed by atoms with Crippen LogP contribution in [0.2, 0.25) is 0 Å². The van der Waals surface area contributed by atoms with Gasteiger partial charge >= 0.3 is 0 Å². The molecule has 2 aromatic carbocycles. The molecule has 35 heavy (non-hydrogen) atoms. The van der Waals surface area contributed by atoms with E-state index in [1.165, 1.54) is 5.56 Å². The Morgan fingerprint density at radius 3 is 2.77 bits per heavy atom. The second-order valence-corrected chi connectivity index (χ2v) is 9.84. The van der Waals surface area contributed by atoms with Gasteiger partial charge in [-0.05, 0) is 58.8 Å². The van der Waals surface area contributed by atoms with E-state index >= 15 is 0 Å². The Morgan fingerprint density at radius 2 is 1.94 bits per heavy atom. The van der Waals surface area contributed by atoms with Crippen LogP contribution in [-0.4, -0.2) is 50.1 Å². The van der Waals surface area contributed by atoms with Gasteiger partial charge in [-0.3, -0.25) is 4.79 Å². The summed E-state index contributed by atoms with van der Waals surface area (Å²) in [5.74, 6) is 1.55. The van der Waals surface area contributed by atoms with Crippen molar-refractivity contribution in [1.82, 2.24) is 19.5 Å². The maximum absolute atomic E-state index is 12.9. The van der Waals surface area contributed by atoms with Gasteiger partial charge in [0.1, 0.15) is 11.6 Å². The third-order valence-electron chi connectivity index (χ3n) is 6.52. The summed E-state index contributed by atoms with van der Waals surface area (Å²) < 4.78 is 2.55. The zero-order chi connectivity index (χ0) is 24.2. The normalized spacial score (nSPS) is 15.9. The average Bonchev–Trinajstić information content (AvgIpc) is 3.27. The lowest BCUT2D eigenvalue weighted by Crippen LogP contribution is -2.42. The van der Waals surface area contributed by atoms with Crippen LogP contribution in [0.3, 0.4) is 0 Å². The van der Waals surface area contributed by atoms with Crippen LogP contribution in [0, 0.1) is 5.92 Å². The molecule has 1 fully saturated rings. The molecular formula is C27H28BrN5O2. The van der Waals surface area contributed by atoms with Gasteiger partial charge in [0.25, 0.3) is 0 Å². The molecule has 5 rings (SSSR count). The van der Waals surface area contributed by atoms with Crippen LogP contribution < -0.4 is 5.32 Å². The number of aromatic hydroxyl groups is 1. The molecule has 1 saturated heterocycles. The summed E-state index contributed by atoms with van der Waals surface area (Å²) in [7, 11) is 0. The highest BCUT2D eigenvalue weighted by Gasteiger charge is 2.24. The number of fused-ring (bicyclic) bond motifs is 1. The summed E-state index contributed by atoms with van der Waals surface area (Å²) in [6.07, 6.45) is 5.11. The molecule has 8 heteroatoms. The summed E-state index contributed by atoms with van der Waals surface area (Å²) in [6, 6.07) is 19.3. The second kappa shape index (κ2) is 10.5. The maximum Gasteiger partial charge on any atom is 0.222 e.